The zero-order valence-corrected chi connectivity index (χ0v) is 16.5. The number of aliphatic imine (C=N–C) groups is 1. The predicted molar refractivity (Wildman–Crippen MR) is 104 cm³/mol. The number of ether oxygens (including phenoxy) is 1. The monoisotopic (exact) mass is 350 g/mol. The average Bonchev–Trinajstić information content (AvgIpc) is 3.10. The summed E-state index contributed by atoms with van der Waals surface area (Å²) in [7, 11) is 0. The molecule has 0 aromatic rings. The summed E-state index contributed by atoms with van der Waals surface area (Å²) in [4.78, 5) is 7.67. The Morgan fingerprint density at radius 3 is 2.48 bits per heavy atom. The van der Waals surface area contributed by atoms with Crippen LogP contribution >= 0.6 is 0 Å². The Labute approximate surface area is 154 Å². The van der Waals surface area contributed by atoms with Crippen molar-refractivity contribution in [3.63, 3.8) is 0 Å². The van der Waals surface area contributed by atoms with Crippen molar-refractivity contribution in [1.29, 1.82) is 0 Å². The lowest BCUT2D eigenvalue weighted by atomic mass is 9.96. The predicted octanol–water partition coefficient (Wildman–Crippen LogP) is 2.76. The molecule has 0 saturated carbocycles. The highest BCUT2D eigenvalue weighted by atomic mass is 16.5. The number of fused-ring (bicyclic) bond motifs is 2. The van der Waals surface area contributed by atoms with E-state index in [1.165, 1.54) is 51.6 Å². The van der Waals surface area contributed by atoms with Crippen LogP contribution in [0, 0.1) is 5.92 Å². The summed E-state index contributed by atoms with van der Waals surface area (Å²) in [6.07, 6.45) is 9.89. The molecular formula is C20H38N4O. The van der Waals surface area contributed by atoms with E-state index in [1.807, 2.05) is 0 Å². The first-order valence-corrected chi connectivity index (χ1v) is 10.6. The first kappa shape index (κ1) is 19.0. The smallest absolute Gasteiger partial charge is 0.191 e. The summed E-state index contributed by atoms with van der Waals surface area (Å²) >= 11 is 0. The Balaban J connectivity index is 1.59. The summed E-state index contributed by atoms with van der Waals surface area (Å²) in [6, 6.07) is 0.983. The molecule has 3 aliphatic rings. The molecule has 0 radical (unpaired) electrons. The number of nitrogens with zero attached hydrogens (tertiary/aromatic N) is 2. The molecule has 4 atom stereocenters. The van der Waals surface area contributed by atoms with Gasteiger partial charge in [0.05, 0.1) is 24.8 Å². The Morgan fingerprint density at radius 1 is 1.16 bits per heavy atom. The van der Waals surface area contributed by atoms with Gasteiger partial charge in [0.1, 0.15) is 0 Å². The van der Waals surface area contributed by atoms with Crippen LogP contribution in [0.1, 0.15) is 65.7 Å². The van der Waals surface area contributed by atoms with Crippen LogP contribution in [0.15, 0.2) is 4.99 Å². The highest BCUT2D eigenvalue weighted by Gasteiger charge is 2.41. The molecule has 5 nitrogen and oxygen atoms in total. The lowest BCUT2D eigenvalue weighted by Crippen LogP contribution is -2.48. The van der Waals surface area contributed by atoms with Crippen LogP contribution < -0.4 is 10.6 Å². The number of rotatable bonds is 6. The van der Waals surface area contributed by atoms with Crippen molar-refractivity contribution < 1.29 is 4.74 Å². The molecule has 2 bridgehead atoms. The maximum atomic E-state index is 5.98. The van der Waals surface area contributed by atoms with Crippen molar-refractivity contribution in [2.45, 2.75) is 90.0 Å². The fourth-order valence-corrected chi connectivity index (χ4v) is 4.64. The molecule has 144 valence electrons. The van der Waals surface area contributed by atoms with E-state index in [4.69, 9.17) is 9.73 Å². The van der Waals surface area contributed by atoms with E-state index in [-0.39, 0.29) is 0 Å². The Bertz CT molecular complexity index is 431. The third-order valence-electron chi connectivity index (χ3n) is 6.09. The van der Waals surface area contributed by atoms with Gasteiger partial charge in [-0.25, -0.2) is 0 Å². The van der Waals surface area contributed by atoms with E-state index >= 15 is 0 Å². The third kappa shape index (κ3) is 5.10. The third-order valence-corrected chi connectivity index (χ3v) is 6.09. The van der Waals surface area contributed by atoms with Crippen molar-refractivity contribution in [2.75, 3.05) is 26.2 Å². The van der Waals surface area contributed by atoms with Gasteiger partial charge in [0.25, 0.3) is 0 Å². The van der Waals surface area contributed by atoms with E-state index in [2.05, 4.69) is 36.3 Å². The van der Waals surface area contributed by atoms with Gasteiger partial charge in [0.15, 0.2) is 5.96 Å². The largest absolute Gasteiger partial charge is 0.373 e. The lowest BCUT2D eigenvalue weighted by molar-refractivity contribution is 0.0992. The summed E-state index contributed by atoms with van der Waals surface area (Å²) < 4.78 is 5.98. The molecular weight excluding hydrogens is 312 g/mol. The van der Waals surface area contributed by atoms with Crippen molar-refractivity contribution in [1.82, 2.24) is 15.5 Å². The number of likely N-dealkylation sites (tertiary alicyclic amines) is 1. The minimum Gasteiger partial charge on any atom is -0.373 e. The van der Waals surface area contributed by atoms with Crippen LogP contribution in [-0.2, 0) is 4.74 Å². The van der Waals surface area contributed by atoms with Gasteiger partial charge >= 0.3 is 0 Å². The molecule has 2 N–H and O–H groups in total. The second kappa shape index (κ2) is 9.22. The van der Waals surface area contributed by atoms with Crippen LogP contribution in [0.4, 0.5) is 0 Å². The molecule has 5 heteroatoms. The Kier molecular flexibility index (Phi) is 7.00. The summed E-state index contributed by atoms with van der Waals surface area (Å²) in [5.41, 5.74) is 0. The van der Waals surface area contributed by atoms with Gasteiger partial charge in [-0.15, -0.1) is 0 Å². The highest BCUT2D eigenvalue weighted by Crippen LogP contribution is 2.34. The molecule has 3 heterocycles. The van der Waals surface area contributed by atoms with Crippen LogP contribution in [0.25, 0.3) is 0 Å². The summed E-state index contributed by atoms with van der Waals surface area (Å²) in [5.74, 6) is 1.61. The number of hydrogen-bond acceptors (Lipinski definition) is 3. The van der Waals surface area contributed by atoms with Gasteiger partial charge in [0, 0.05) is 12.6 Å². The SMILES string of the molecule is CCNC(=NCC(C(C)C)N1CCCCCC1)NC1CC2CCC1O2. The molecule has 3 rings (SSSR count). The van der Waals surface area contributed by atoms with Gasteiger partial charge in [-0.2, -0.15) is 0 Å². The van der Waals surface area contributed by atoms with E-state index in [9.17, 15) is 0 Å². The standard InChI is InChI=1S/C20H38N4O/c1-4-21-20(23-17-13-16-9-10-19(17)25-16)22-14-18(15(2)3)24-11-7-5-6-8-12-24/h15-19H,4-14H2,1-3H3,(H2,21,22,23). The highest BCUT2D eigenvalue weighted by molar-refractivity contribution is 5.80. The number of nitrogens with one attached hydrogen (secondary N) is 2. The van der Waals surface area contributed by atoms with Crippen LogP contribution in [0.3, 0.4) is 0 Å². The van der Waals surface area contributed by atoms with E-state index < -0.39 is 0 Å². The molecule has 3 aliphatic heterocycles. The molecule has 0 aromatic carbocycles. The molecule has 0 spiro atoms. The average molecular weight is 351 g/mol. The maximum absolute atomic E-state index is 5.98. The molecule has 3 fully saturated rings. The van der Waals surface area contributed by atoms with Gasteiger partial charge in [-0.1, -0.05) is 26.7 Å². The topological polar surface area (TPSA) is 48.9 Å². The minimum absolute atomic E-state index is 0.389. The summed E-state index contributed by atoms with van der Waals surface area (Å²) in [6.45, 7) is 11.1. The quantitative estimate of drug-likeness (QED) is 0.571. The zero-order chi connectivity index (χ0) is 17.6. The lowest BCUT2D eigenvalue weighted by Gasteiger charge is -2.33. The van der Waals surface area contributed by atoms with E-state index in [0.29, 0.717) is 30.2 Å². The van der Waals surface area contributed by atoms with Crippen LogP contribution in [0.5, 0.6) is 0 Å². The van der Waals surface area contributed by atoms with E-state index in [1.54, 1.807) is 0 Å². The van der Waals surface area contributed by atoms with Crippen molar-refractivity contribution in [3.05, 3.63) is 0 Å². The number of hydrogen-bond donors (Lipinski definition) is 2. The number of guanidine groups is 1. The first-order valence-electron chi connectivity index (χ1n) is 10.6. The van der Waals surface area contributed by atoms with E-state index in [0.717, 1.165) is 25.5 Å². The molecule has 3 saturated heterocycles. The minimum atomic E-state index is 0.389. The Hall–Kier alpha value is -0.810. The fourth-order valence-electron chi connectivity index (χ4n) is 4.64. The van der Waals surface area contributed by atoms with Gasteiger partial charge in [0.2, 0.25) is 0 Å². The second-order valence-electron chi connectivity index (χ2n) is 8.34. The Morgan fingerprint density at radius 2 is 1.92 bits per heavy atom. The molecule has 0 aliphatic carbocycles. The van der Waals surface area contributed by atoms with Gasteiger partial charge in [-0.3, -0.25) is 9.89 Å². The van der Waals surface area contributed by atoms with Crippen molar-refractivity contribution >= 4 is 5.96 Å². The van der Waals surface area contributed by atoms with Gasteiger partial charge < -0.3 is 15.4 Å². The fraction of sp³-hybridized carbons (Fsp3) is 0.950. The molecule has 25 heavy (non-hydrogen) atoms. The molecule has 4 unspecified atom stereocenters. The molecule has 0 aromatic heterocycles. The second-order valence-corrected chi connectivity index (χ2v) is 8.34. The zero-order valence-electron chi connectivity index (χ0n) is 16.5. The first-order chi connectivity index (χ1) is 12.2. The van der Waals surface area contributed by atoms with Crippen LogP contribution in [-0.4, -0.2) is 61.3 Å². The van der Waals surface area contributed by atoms with Crippen molar-refractivity contribution in [2.24, 2.45) is 10.9 Å². The maximum Gasteiger partial charge on any atom is 0.191 e. The van der Waals surface area contributed by atoms with Gasteiger partial charge in [-0.05, 0) is 58.0 Å². The van der Waals surface area contributed by atoms with Crippen LogP contribution in [0.2, 0.25) is 0 Å². The molecule has 0 amide bonds. The summed E-state index contributed by atoms with van der Waals surface area (Å²) in [5, 5.41) is 7.10. The van der Waals surface area contributed by atoms with Crippen molar-refractivity contribution in [3.8, 4) is 0 Å². The normalized spacial score (nSPS) is 32.0.